The molecule has 2 rings (SSSR count). The number of likely N-dealkylation sites (N-methyl/N-ethyl adjacent to an activating group) is 1. The largest absolute Gasteiger partial charge is 0.293 e. The zero-order valence-electron chi connectivity index (χ0n) is 9.32. The first-order valence-electron chi connectivity index (χ1n) is 4.95. The first-order valence-corrected chi connectivity index (χ1v) is 5.76. The molecule has 0 aliphatic carbocycles. The Balaban J connectivity index is 2.34. The van der Waals surface area contributed by atoms with Crippen LogP contribution < -0.4 is 0 Å². The second kappa shape index (κ2) is 4.61. The highest BCUT2D eigenvalue weighted by Crippen LogP contribution is 2.31. The molecule has 0 atom stereocenters. The van der Waals surface area contributed by atoms with Gasteiger partial charge in [0.1, 0.15) is 0 Å². The van der Waals surface area contributed by atoms with Gasteiger partial charge in [0.25, 0.3) is 16.8 Å². The summed E-state index contributed by atoms with van der Waals surface area (Å²) in [6.45, 7) is 0. The van der Waals surface area contributed by atoms with Crippen LogP contribution in [0, 0.1) is 10.1 Å². The molecular formula is C11H8N2O4S. The van der Waals surface area contributed by atoms with Crippen LogP contribution in [0.1, 0.15) is 5.56 Å². The Labute approximate surface area is 106 Å². The van der Waals surface area contributed by atoms with Crippen LogP contribution in [-0.2, 0) is 4.79 Å². The van der Waals surface area contributed by atoms with Crippen molar-refractivity contribution >= 4 is 34.7 Å². The number of hydrogen-bond donors (Lipinski definition) is 0. The van der Waals surface area contributed by atoms with Crippen molar-refractivity contribution in [2.75, 3.05) is 7.05 Å². The molecule has 0 saturated carbocycles. The van der Waals surface area contributed by atoms with Gasteiger partial charge in [0.2, 0.25) is 0 Å². The van der Waals surface area contributed by atoms with E-state index in [1.54, 1.807) is 6.07 Å². The molecule has 0 N–H and O–H groups in total. The van der Waals surface area contributed by atoms with E-state index in [1.165, 1.54) is 31.3 Å². The van der Waals surface area contributed by atoms with Gasteiger partial charge in [0.15, 0.2) is 0 Å². The average Bonchev–Trinajstić information content (AvgIpc) is 2.57. The molecule has 1 saturated heterocycles. The van der Waals surface area contributed by atoms with Crippen molar-refractivity contribution in [2.45, 2.75) is 0 Å². The molecular weight excluding hydrogens is 256 g/mol. The van der Waals surface area contributed by atoms with Crippen molar-refractivity contribution in [3.8, 4) is 0 Å². The minimum Gasteiger partial charge on any atom is -0.272 e. The summed E-state index contributed by atoms with van der Waals surface area (Å²) in [6, 6.07) is 5.88. The van der Waals surface area contributed by atoms with Gasteiger partial charge in [-0.1, -0.05) is 12.1 Å². The fourth-order valence-corrected chi connectivity index (χ4v) is 2.25. The lowest BCUT2D eigenvalue weighted by Crippen LogP contribution is -2.22. The van der Waals surface area contributed by atoms with Crippen molar-refractivity contribution in [3.63, 3.8) is 0 Å². The third kappa shape index (κ3) is 2.25. The maximum atomic E-state index is 11.6. The van der Waals surface area contributed by atoms with Gasteiger partial charge in [-0.15, -0.1) is 0 Å². The van der Waals surface area contributed by atoms with Gasteiger partial charge in [-0.2, -0.15) is 0 Å². The molecule has 0 bridgehead atoms. The standard InChI is InChI=1S/C11H8N2O4S/c1-12-10(14)9(18-11(12)15)6-7-3-2-4-8(5-7)13(16)17/h2-6H,1H3/b9-6+. The normalized spacial score (nSPS) is 17.6. The number of nitro benzene ring substituents is 1. The molecule has 7 heteroatoms. The predicted octanol–water partition coefficient (Wildman–Crippen LogP) is 2.26. The van der Waals surface area contributed by atoms with Gasteiger partial charge in [-0.25, -0.2) is 0 Å². The third-order valence-corrected chi connectivity index (χ3v) is 3.33. The molecule has 6 nitrogen and oxygen atoms in total. The monoisotopic (exact) mass is 264 g/mol. The molecule has 1 heterocycles. The van der Waals surface area contributed by atoms with E-state index < -0.39 is 10.8 Å². The number of carbonyl (C=O) groups is 2. The number of benzene rings is 1. The number of thioether (sulfide) groups is 1. The second-order valence-corrected chi connectivity index (χ2v) is 4.59. The summed E-state index contributed by atoms with van der Waals surface area (Å²) in [5.41, 5.74) is 0.461. The van der Waals surface area contributed by atoms with Gasteiger partial charge in [0, 0.05) is 19.2 Å². The summed E-state index contributed by atoms with van der Waals surface area (Å²) < 4.78 is 0. The lowest BCUT2D eigenvalue weighted by Gasteiger charge is -2.00. The van der Waals surface area contributed by atoms with E-state index in [1.807, 2.05) is 0 Å². The van der Waals surface area contributed by atoms with Crippen LogP contribution in [-0.4, -0.2) is 28.0 Å². The Kier molecular flexibility index (Phi) is 3.15. The SMILES string of the molecule is CN1C(=O)S/C(=C/c2cccc([N+](=O)[O-])c2)C1=O. The number of non-ortho nitro benzene ring substituents is 1. The molecule has 1 aromatic rings. The lowest BCUT2D eigenvalue weighted by molar-refractivity contribution is -0.384. The molecule has 0 aromatic heterocycles. The first kappa shape index (κ1) is 12.3. The van der Waals surface area contributed by atoms with Crippen LogP contribution >= 0.6 is 11.8 Å². The molecule has 1 aliphatic rings. The molecule has 0 unspecified atom stereocenters. The van der Waals surface area contributed by atoms with Crippen LogP contribution in [0.4, 0.5) is 10.5 Å². The Morgan fingerprint density at radius 2 is 2.11 bits per heavy atom. The molecule has 1 fully saturated rings. The molecule has 0 spiro atoms. The van der Waals surface area contributed by atoms with Gasteiger partial charge < -0.3 is 0 Å². The molecule has 18 heavy (non-hydrogen) atoms. The quantitative estimate of drug-likeness (QED) is 0.465. The molecule has 92 valence electrons. The van der Waals surface area contributed by atoms with Crippen LogP contribution in [0.5, 0.6) is 0 Å². The van der Waals surface area contributed by atoms with E-state index in [0.29, 0.717) is 5.56 Å². The number of nitrogens with zero attached hydrogens (tertiary/aromatic N) is 2. The Morgan fingerprint density at radius 1 is 1.39 bits per heavy atom. The minimum atomic E-state index is -0.511. The molecule has 1 aliphatic heterocycles. The number of nitro groups is 1. The number of rotatable bonds is 2. The Bertz CT molecular complexity index is 582. The van der Waals surface area contributed by atoms with E-state index in [0.717, 1.165) is 16.7 Å². The van der Waals surface area contributed by atoms with E-state index in [4.69, 9.17) is 0 Å². The fraction of sp³-hybridized carbons (Fsp3) is 0.0909. The van der Waals surface area contributed by atoms with Crippen LogP contribution in [0.15, 0.2) is 29.2 Å². The summed E-state index contributed by atoms with van der Waals surface area (Å²) >= 11 is 0.820. The lowest BCUT2D eigenvalue weighted by atomic mass is 10.2. The van der Waals surface area contributed by atoms with Crippen molar-refractivity contribution in [2.24, 2.45) is 0 Å². The maximum absolute atomic E-state index is 11.6. The van der Waals surface area contributed by atoms with Gasteiger partial charge in [-0.05, 0) is 23.4 Å². The number of imide groups is 1. The van der Waals surface area contributed by atoms with Crippen molar-refractivity contribution < 1.29 is 14.5 Å². The Hall–Kier alpha value is -2.15. The van der Waals surface area contributed by atoms with E-state index in [-0.39, 0.29) is 15.8 Å². The Morgan fingerprint density at radius 3 is 2.67 bits per heavy atom. The molecule has 2 amide bonds. The van der Waals surface area contributed by atoms with Crippen molar-refractivity contribution in [3.05, 3.63) is 44.8 Å². The van der Waals surface area contributed by atoms with Crippen LogP contribution in [0.2, 0.25) is 0 Å². The van der Waals surface area contributed by atoms with Crippen LogP contribution in [0.3, 0.4) is 0 Å². The number of hydrogen-bond acceptors (Lipinski definition) is 5. The highest BCUT2D eigenvalue weighted by Gasteiger charge is 2.31. The zero-order valence-corrected chi connectivity index (χ0v) is 10.1. The summed E-state index contributed by atoms with van der Waals surface area (Å²) in [6.07, 6.45) is 1.47. The van der Waals surface area contributed by atoms with Gasteiger partial charge in [-0.3, -0.25) is 24.6 Å². The van der Waals surface area contributed by atoms with E-state index in [9.17, 15) is 19.7 Å². The highest BCUT2D eigenvalue weighted by atomic mass is 32.2. The molecule has 0 radical (unpaired) electrons. The van der Waals surface area contributed by atoms with Crippen molar-refractivity contribution in [1.82, 2.24) is 4.90 Å². The average molecular weight is 264 g/mol. The second-order valence-electron chi connectivity index (χ2n) is 3.59. The summed E-state index contributed by atoms with van der Waals surface area (Å²) in [7, 11) is 1.39. The third-order valence-electron chi connectivity index (χ3n) is 2.37. The number of carbonyl (C=O) groups excluding carboxylic acids is 2. The summed E-state index contributed by atoms with van der Waals surface area (Å²) in [5, 5.41) is 10.3. The summed E-state index contributed by atoms with van der Waals surface area (Å²) in [4.78, 5) is 34.3. The smallest absolute Gasteiger partial charge is 0.272 e. The van der Waals surface area contributed by atoms with E-state index in [2.05, 4.69) is 0 Å². The zero-order chi connectivity index (χ0) is 13.3. The summed E-state index contributed by atoms with van der Waals surface area (Å²) in [5.74, 6) is -0.392. The maximum Gasteiger partial charge on any atom is 0.293 e. The van der Waals surface area contributed by atoms with Gasteiger partial charge >= 0.3 is 0 Å². The van der Waals surface area contributed by atoms with Crippen LogP contribution in [0.25, 0.3) is 6.08 Å². The minimum absolute atomic E-state index is 0.0560. The topological polar surface area (TPSA) is 80.5 Å². The van der Waals surface area contributed by atoms with E-state index >= 15 is 0 Å². The van der Waals surface area contributed by atoms with Gasteiger partial charge in [0.05, 0.1) is 9.83 Å². The van der Waals surface area contributed by atoms with Crippen molar-refractivity contribution in [1.29, 1.82) is 0 Å². The first-order chi connectivity index (χ1) is 8.49. The fourth-order valence-electron chi connectivity index (χ4n) is 1.43. The highest BCUT2D eigenvalue weighted by molar-refractivity contribution is 8.18. The predicted molar refractivity (Wildman–Crippen MR) is 66.8 cm³/mol. The molecule has 1 aromatic carbocycles. The number of amides is 2.